The van der Waals surface area contributed by atoms with Crippen molar-refractivity contribution >= 4 is 0 Å². The molecular formula is C14H23N3. The number of nitrogens with two attached hydrogens (primary N) is 1. The standard InChI is InChI=1S/C14H23N3/c1-10-5-13(17(2)16-10)8-14(9-15)7-11-3-4-12(14)6-11/h5,11-12H,3-4,6-9,15H2,1-2H3. The minimum absolute atomic E-state index is 0.378. The smallest absolute Gasteiger partial charge is 0.0596 e. The maximum atomic E-state index is 6.13. The van der Waals surface area contributed by atoms with Gasteiger partial charge < -0.3 is 5.73 Å². The van der Waals surface area contributed by atoms with Gasteiger partial charge in [-0.25, -0.2) is 0 Å². The minimum atomic E-state index is 0.378. The van der Waals surface area contributed by atoms with Crippen LogP contribution in [0.25, 0.3) is 0 Å². The summed E-state index contributed by atoms with van der Waals surface area (Å²) in [4.78, 5) is 0. The van der Waals surface area contributed by atoms with E-state index in [1.165, 1.54) is 31.4 Å². The Morgan fingerprint density at radius 2 is 2.35 bits per heavy atom. The van der Waals surface area contributed by atoms with E-state index >= 15 is 0 Å². The lowest BCUT2D eigenvalue weighted by Gasteiger charge is -2.36. The molecule has 3 unspecified atom stereocenters. The van der Waals surface area contributed by atoms with Gasteiger partial charge in [0.15, 0.2) is 0 Å². The molecule has 0 aromatic carbocycles. The van der Waals surface area contributed by atoms with Gasteiger partial charge in [-0.3, -0.25) is 4.68 Å². The highest BCUT2D eigenvalue weighted by Crippen LogP contribution is 2.56. The molecule has 3 heteroatoms. The Hall–Kier alpha value is -0.830. The molecule has 1 heterocycles. The van der Waals surface area contributed by atoms with E-state index in [-0.39, 0.29) is 0 Å². The molecular weight excluding hydrogens is 210 g/mol. The summed E-state index contributed by atoms with van der Waals surface area (Å²) in [6, 6.07) is 2.23. The summed E-state index contributed by atoms with van der Waals surface area (Å²) in [6.45, 7) is 2.91. The van der Waals surface area contributed by atoms with Crippen LogP contribution in [-0.2, 0) is 13.5 Å². The summed E-state index contributed by atoms with van der Waals surface area (Å²) in [5.41, 5.74) is 8.99. The SMILES string of the molecule is Cc1cc(CC2(CN)CC3CCC2C3)n(C)n1. The molecule has 3 nitrogen and oxygen atoms in total. The average molecular weight is 233 g/mol. The first-order chi connectivity index (χ1) is 8.13. The zero-order valence-electron chi connectivity index (χ0n) is 10.9. The molecule has 2 fully saturated rings. The molecule has 2 aliphatic rings. The fourth-order valence-corrected chi connectivity index (χ4v) is 4.29. The maximum absolute atomic E-state index is 6.13. The Morgan fingerprint density at radius 1 is 1.53 bits per heavy atom. The van der Waals surface area contributed by atoms with Crippen LogP contribution in [0.3, 0.4) is 0 Å². The zero-order chi connectivity index (χ0) is 12.0. The molecule has 1 aromatic heterocycles. The van der Waals surface area contributed by atoms with Crippen LogP contribution >= 0.6 is 0 Å². The molecule has 2 aliphatic carbocycles. The highest BCUT2D eigenvalue weighted by atomic mass is 15.3. The Balaban J connectivity index is 1.85. The van der Waals surface area contributed by atoms with E-state index in [0.717, 1.165) is 30.5 Å². The van der Waals surface area contributed by atoms with Crippen molar-refractivity contribution in [1.29, 1.82) is 0 Å². The second kappa shape index (κ2) is 3.84. The fourth-order valence-electron chi connectivity index (χ4n) is 4.29. The second-order valence-electron chi connectivity index (χ2n) is 6.22. The number of hydrogen-bond acceptors (Lipinski definition) is 2. The molecule has 17 heavy (non-hydrogen) atoms. The van der Waals surface area contributed by atoms with Gasteiger partial charge in [0.05, 0.1) is 5.69 Å². The first-order valence-corrected chi connectivity index (χ1v) is 6.82. The minimum Gasteiger partial charge on any atom is -0.330 e. The first-order valence-electron chi connectivity index (χ1n) is 6.82. The Morgan fingerprint density at radius 3 is 2.82 bits per heavy atom. The number of fused-ring (bicyclic) bond motifs is 2. The highest BCUT2D eigenvalue weighted by molar-refractivity contribution is 5.14. The van der Waals surface area contributed by atoms with Gasteiger partial charge in [0.25, 0.3) is 0 Å². The molecule has 0 amide bonds. The van der Waals surface area contributed by atoms with Crippen LogP contribution in [0, 0.1) is 24.2 Å². The molecule has 3 rings (SSSR count). The van der Waals surface area contributed by atoms with Gasteiger partial charge in [0.2, 0.25) is 0 Å². The van der Waals surface area contributed by atoms with Crippen LogP contribution in [-0.4, -0.2) is 16.3 Å². The van der Waals surface area contributed by atoms with E-state index in [2.05, 4.69) is 25.1 Å². The molecule has 0 radical (unpaired) electrons. The third kappa shape index (κ3) is 1.71. The summed E-state index contributed by atoms with van der Waals surface area (Å²) in [5, 5.41) is 4.46. The van der Waals surface area contributed by atoms with Crippen LogP contribution < -0.4 is 5.73 Å². The van der Waals surface area contributed by atoms with Crippen LogP contribution in [0.2, 0.25) is 0 Å². The van der Waals surface area contributed by atoms with E-state index in [0.29, 0.717) is 5.41 Å². The van der Waals surface area contributed by atoms with E-state index in [9.17, 15) is 0 Å². The third-order valence-electron chi connectivity index (χ3n) is 5.14. The van der Waals surface area contributed by atoms with E-state index in [1.807, 2.05) is 4.68 Å². The number of hydrogen-bond donors (Lipinski definition) is 1. The molecule has 0 spiro atoms. The second-order valence-corrected chi connectivity index (χ2v) is 6.22. The summed E-state index contributed by atoms with van der Waals surface area (Å²) in [7, 11) is 2.06. The highest BCUT2D eigenvalue weighted by Gasteiger charge is 2.50. The number of nitrogens with zero attached hydrogens (tertiary/aromatic N) is 2. The van der Waals surface area contributed by atoms with Gasteiger partial charge in [-0.1, -0.05) is 6.42 Å². The van der Waals surface area contributed by atoms with Crippen LogP contribution in [0.1, 0.15) is 37.1 Å². The van der Waals surface area contributed by atoms with Crippen molar-refractivity contribution in [3.8, 4) is 0 Å². The Kier molecular flexibility index (Phi) is 2.54. The molecule has 2 saturated carbocycles. The van der Waals surface area contributed by atoms with Crippen molar-refractivity contribution in [2.24, 2.45) is 30.0 Å². The average Bonchev–Trinajstić information content (AvgIpc) is 2.95. The lowest BCUT2D eigenvalue weighted by Crippen LogP contribution is -2.38. The molecule has 0 aliphatic heterocycles. The van der Waals surface area contributed by atoms with E-state index < -0.39 is 0 Å². The van der Waals surface area contributed by atoms with Crippen molar-refractivity contribution in [2.75, 3.05) is 6.54 Å². The molecule has 2 N–H and O–H groups in total. The maximum Gasteiger partial charge on any atom is 0.0596 e. The summed E-state index contributed by atoms with van der Waals surface area (Å²) < 4.78 is 2.04. The Labute approximate surface area is 103 Å². The van der Waals surface area contributed by atoms with Crippen molar-refractivity contribution in [2.45, 2.75) is 39.0 Å². The molecule has 3 atom stereocenters. The van der Waals surface area contributed by atoms with Crippen molar-refractivity contribution in [3.63, 3.8) is 0 Å². The summed E-state index contributed by atoms with van der Waals surface area (Å²) >= 11 is 0. The molecule has 1 aromatic rings. The normalized spacial score (nSPS) is 35.7. The quantitative estimate of drug-likeness (QED) is 0.868. The largest absolute Gasteiger partial charge is 0.330 e. The predicted octanol–water partition coefficient (Wildman–Crippen LogP) is 2.04. The lowest BCUT2D eigenvalue weighted by molar-refractivity contribution is 0.168. The summed E-state index contributed by atoms with van der Waals surface area (Å²) in [5.74, 6) is 1.82. The molecule has 2 bridgehead atoms. The number of aryl methyl sites for hydroxylation is 2. The third-order valence-corrected chi connectivity index (χ3v) is 5.14. The van der Waals surface area contributed by atoms with Gasteiger partial charge in [-0.15, -0.1) is 0 Å². The van der Waals surface area contributed by atoms with E-state index in [1.54, 1.807) is 0 Å². The molecule has 0 saturated heterocycles. The van der Waals surface area contributed by atoms with Crippen LogP contribution in [0.15, 0.2) is 6.07 Å². The predicted molar refractivity (Wildman–Crippen MR) is 68.6 cm³/mol. The van der Waals surface area contributed by atoms with E-state index in [4.69, 9.17) is 5.73 Å². The Bertz CT molecular complexity index is 423. The lowest BCUT2D eigenvalue weighted by atomic mass is 9.70. The van der Waals surface area contributed by atoms with Crippen molar-refractivity contribution in [3.05, 3.63) is 17.5 Å². The first kappa shape index (κ1) is 11.3. The van der Waals surface area contributed by atoms with Crippen molar-refractivity contribution in [1.82, 2.24) is 9.78 Å². The van der Waals surface area contributed by atoms with Crippen LogP contribution in [0.5, 0.6) is 0 Å². The zero-order valence-corrected chi connectivity index (χ0v) is 10.9. The number of aromatic nitrogens is 2. The van der Waals surface area contributed by atoms with Gasteiger partial charge >= 0.3 is 0 Å². The monoisotopic (exact) mass is 233 g/mol. The topological polar surface area (TPSA) is 43.8 Å². The van der Waals surface area contributed by atoms with Gasteiger partial charge in [0, 0.05) is 12.7 Å². The fraction of sp³-hybridized carbons (Fsp3) is 0.786. The number of rotatable bonds is 3. The van der Waals surface area contributed by atoms with Crippen LogP contribution in [0.4, 0.5) is 0 Å². The van der Waals surface area contributed by atoms with Gasteiger partial charge in [0.1, 0.15) is 0 Å². The summed E-state index contributed by atoms with van der Waals surface area (Å²) in [6.07, 6.45) is 6.74. The van der Waals surface area contributed by atoms with Gasteiger partial charge in [-0.05, 0) is 62.5 Å². The molecule has 94 valence electrons. The van der Waals surface area contributed by atoms with Crippen molar-refractivity contribution < 1.29 is 0 Å². The van der Waals surface area contributed by atoms with Gasteiger partial charge in [-0.2, -0.15) is 5.10 Å².